The molecule has 0 amide bonds. The summed E-state index contributed by atoms with van der Waals surface area (Å²) in [6.45, 7) is 0.893. The summed E-state index contributed by atoms with van der Waals surface area (Å²) in [7, 11) is 0. The van der Waals surface area contributed by atoms with Crippen molar-refractivity contribution in [3.05, 3.63) is 54.6 Å². The average molecular weight is 262 g/mol. The van der Waals surface area contributed by atoms with Crippen molar-refractivity contribution in [2.75, 3.05) is 11.9 Å². The SMILES string of the molecule is N#CCC1(CNc2ccccc2-c2ccccc2)CC1. The zero-order chi connectivity index (χ0) is 13.8. The van der Waals surface area contributed by atoms with E-state index in [9.17, 15) is 0 Å². The molecule has 2 heteroatoms. The number of para-hydroxylation sites is 1. The smallest absolute Gasteiger partial charge is 0.0628 e. The summed E-state index contributed by atoms with van der Waals surface area (Å²) in [5, 5.41) is 12.4. The fourth-order valence-corrected chi connectivity index (χ4v) is 2.55. The van der Waals surface area contributed by atoms with Gasteiger partial charge in [0.1, 0.15) is 0 Å². The van der Waals surface area contributed by atoms with E-state index in [0.29, 0.717) is 6.42 Å². The monoisotopic (exact) mass is 262 g/mol. The molecular formula is C18H18N2. The minimum atomic E-state index is 0.221. The molecule has 0 bridgehead atoms. The average Bonchev–Trinajstić information content (AvgIpc) is 3.27. The van der Waals surface area contributed by atoms with Crippen LogP contribution in [0.1, 0.15) is 19.3 Å². The standard InChI is InChI=1S/C18H18N2/c19-13-12-18(10-11-18)14-20-17-9-5-4-8-16(17)15-6-2-1-3-7-15/h1-9,20H,10-12,14H2. The van der Waals surface area contributed by atoms with E-state index in [4.69, 9.17) is 5.26 Å². The first-order valence-corrected chi connectivity index (χ1v) is 7.08. The number of anilines is 1. The Bertz CT molecular complexity index is 621. The van der Waals surface area contributed by atoms with Gasteiger partial charge in [-0.05, 0) is 24.5 Å². The topological polar surface area (TPSA) is 35.8 Å². The van der Waals surface area contributed by atoms with Gasteiger partial charge in [0.05, 0.1) is 6.07 Å². The number of hydrogen-bond donors (Lipinski definition) is 1. The molecule has 0 radical (unpaired) electrons. The number of hydrogen-bond acceptors (Lipinski definition) is 2. The van der Waals surface area contributed by atoms with E-state index in [0.717, 1.165) is 12.2 Å². The van der Waals surface area contributed by atoms with Crippen LogP contribution in [0.2, 0.25) is 0 Å². The second-order valence-electron chi connectivity index (χ2n) is 5.60. The Morgan fingerprint density at radius 1 is 1.00 bits per heavy atom. The Morgan fingerprint density at radius 2 is 1.70 bits per heavy atom. The highest BCUT2D eigenvalue weighted by Crippen LogP contribution is 2.48. The molecule has 1 N–H and O–H groups in total. The fourth-order valence-electron chi connectivity index (χ4n) is 2.55. The number of rotatable bonds is 5. The van der Waals surface area contributed by atoms with Gasteiger partial charge in [-0.15, -0.1) is 0 Å². The van der Waals surface area contributed by atoms with Crippen molar-refractivity contribution < 1.29 is 0 Å². The second-order valence-corrected chi connectivity index (χ2v) is 5.60. The first-order chi connectivity index (χ1) is 9.83. The van der Waals surface area contributed by atoms with Crippen molar-refractivity contribution in [2.24, 2.45) is 5.41 Å². The second kappa shape index (κ2) is 5.38. The first kappa shape index (κ1) is 12.7. The van der Waals surface area contributed by atoms with Crippen LogP contribution >= 0.6 is 0 Å². The van der Waals surface area contributed by atoms with Gasteiger partial charge < -0.3 is 5.32 Å². The van der Waals surface area contributed by atoms with Gasteiger partial charge in [0, 0.05) is 29.6 Å². The van der Waals surface area contributed by atoms with Crippen LogP contribution < -0.4 is 5.32 Å². The van der Waals surface area contributed by atoms with Crippen LogP contribution in [-0.2, 0) is 0 Å². The van der Waals surface area contributed by atoms with Crippen LogP contribution in [0, 0.1) is 16.7 Å². The largest absolute Gasteiger partial charge is 0.384 e. The Kier molecular flexibility index (Phi) is 3.43. The molecule has 1 fully saturated rings. The van der Waals surface area contributed by atoms with Gasteiger partial charge in [-0.3, -0.25) is 0 Å². The number of nitrogens with one attached hydrogen (secondary N) is 1. The third-order valence-corrected chi connectivity index (χ3v) is 4.08. The number of nitriles is 1. The lowest BCUT2D eigenvalue weighted by Gasteiger charge is -2.16. The van der Waals surface area contributed by atoms with E-state index < -0.39 is 0 Å². The zero-order valence-electron chi connectivity index (χ0n) is 11.5. The molecule has 0 aliphatic heterocycles. The molecule has 0 saturated heterocycles. The molecule has 20 heavy (non-hydrogen) atoms. The third kappa shape index (κ3) is 2.67. The van der Waals surface area contributed by atoms with Crippen molar-refractivity contribution in [3.63, 3.8) is 0 Å². The van der Waals surface area contributed by atoms with Gasteiger partial charge in [-0.1, -0.05) is 48.5 Å². The van der Waals surface area contributed by atoms with Gasteiger partial charge >= 0.3 is 0 Å². The zero-order valence-corrected chi connectivity index (χ0v) is 11.5. The molecule has 2 aromatic carbocycles. The Hall–Kier alpha value is -2.27. The maximum absolute atomic E-state index is 8.89. The van der Waals surface area contributed by atoms with Crippen LogP contribution in [0.3, 0.4) is 0 Å². The summed E-state index contributed by atoms with van der Waals surface area (Å²) in [4.78, 5) is 0. The van der Waals surface area contributed by atoms with Crippen molar-refractivity contribution in [2.45, 2.75) is 19.3 Å². The predicted octanol–water partition coefficient (Wildman–Crippen LogP) is 4.46. The molecular weight excluding hydrogens is 244 g/mol. The molecule has 3 rings (SSSR count). The van der Waals surface area contributed by atoms with Crippen LogP contribution in [0.25, 0.3) is 11.1 Å². The van der Waals surface area contributed by atoms with Gasteiger partial charge in [0.2, 0.25) is 0 Å². The van der Waals surface area contributed by atoms with E-state index in [1.807, 2.05) is 6.07 Å². The summed E-state index contributed by atoms with van der Waals surface area (Å²) < 4.78 is 0. The molecule has 2 nitrogen and oxygen atoms in total. The van der Waals surface area contributed by atoms with E-state index in [-0.39, 0.29) is 5.41 Å². The molecule has 1 saturated carbocycles. The molecule has 0 atom stereocenters. The minimum absolute atomic E-state index is 0.221. The maximum Gasteiger partial charge on any atom is 0.0628 e. The summed E-state index contributed by atoms with van der Waals surface area (Å²) in [5.41, 5.74) is 3.82. The molecule has 0 heterocycles. The fraction of sp³-hybridized carbons (Fsp3) is 0.278. The number of benzene rings is 2. The Balaban J connectivity index is 1.79. The first-order valence-electron chi connectivity index (χ1n) is 7.08. The van der Waals surface area contributed by atoms with Crippen molar-refractivity contribution in [1.82, 2.24) is 0 Å². The van der Waals surface area contributed by atoms with Gasteiger partial charge in [0.15, 0.2) is 0 Å². The van der Waals surface area contributed by atoms with Crippen molar-refractivity contribution in [1.29, 1.82) is 5.26 Å². The normalized spacial score (nSPS) is 15.3. The van der Waals surface area contributed by atoms with E-state index in [2.05, 4.69) is 59.9 Å². The summed E-state index contributed by atoms with van der Waals surface area (Å²) in [6, 6.07) is 21.1. The number of nitrogens with zero attached hydrogens (tertiary/aromatic N) is 1. The lowest BCUT2D eigenvalue weighted by Crippen LogP contribution is -2.15. The highest BCUT2D eigenvalue weighted by Gasteiger charge is 2.42. The van der Waals surface area contributed by atoms with Gasteiger partial charge in [-0.2, -0.15) is 5.26 Å². The van der Waals surface area contributed by atoms with E-state index >= 15 is 0 Å². The van der Waals surface area contributed by atoms with Crippen LogP contribution in [0.15, 0.2) is 54.6 Å². The molecule has 2 aromatic rings. The van der Waals surface area contributed by atoms with Crippen LogP contribution in [-0.4, -0.2) is 6.54 Å². The van der Waals surface area contributed by atoms with E-state index in [1.54, 1.807) is 0 Å². The summed E-state index contributed by atoms with van der Waals surface area (Å²) in [6.07, 6.45) is 3.00. The molecule has 1 aliphatic rings. The lowest BCUT2D eigenvalue weighted by molar-refractivity contribution is 0.557. The molecule has 0 spiro atoms. The van der Waals surface area contributed by atoms with Gasteiger partial charge in [-0.25, -0.2) is 0 Å². The Morgan fingerprint density at radius 3 is 2.40 bits per heavy atom. The van der Waals surface area contributed by atoms with Crippen LogP contribution in [0.5, 0.6) is 0 Å². The lowest BCUT2D eigenvalue weighted by atomic mass is 10.0. The predicted molar refractivity (Wildman–Crippen MR) is 82.3 cm³/mol. The third-order valence-electron chi connectivity index (χ3n) is 4.08. The quantitative estimate of drug-likeness (QED) is 0.863. The summed E-state index contributed by atoms with van der Waals surface area (Å²) >= 11 is 0. The maximum atomic E-state index is 8.89. The molecule has 100 valence electrons. The van der Waals surface area contributed by atoms with Crippen molar-refractivity contribution >= 4 is 5.69 Å². The highest BCUT2D eigenvalue weighted by molar-refractivity contribution is 5.77. The summed E-state index contributed by atoms with van der Waals surface area (Å²) in [5.74, 6) is 0. The minimum Gasteiger partial charge on any atom is -0.384 e. The van der Waals surface area contributed by atoms with Gasteiger partial charge in [0.25, 0.3) is 0 Å². The Labute approximate surface area is 120 Å². The highest BCUT2D eigenvalue weighted by atomic mass is 14.9. The molecule has 0 aromatic heterocycles. The molecule has 0 unspecified atom stereocenters. The molecule has 1 aliphatic carbocycles. The van der Waals surface area contributed by atoms with Crippen LogP contribution in [0.4, 0.5) is 5.69 Å². The van der Waals surface area contributed by atoms with Crippen molar-refractivity contribution in [3.8, 4) is 17.2 Å². The van der Waals surface area contributed by atoms with E-state index in [1.165, 1.54) is 24.0 Å².